The SMILES string of the molecule is CN(C)c1cccc(C(=O)N(Cc2ccccc2)Cc2ccco2)c1. The van der Waals surface area contributed by atoms with E-state index in [1.54, 1.807) is 6.26 Å². The van der Waals surface area contributed by atoms with E-state index >= 15 is 0 Å². The topological polar surface area (TPSA) is 36.7 Å². The first-order chi connectivity index (χ1) is 12.1. The molecule has 0 spiro atoms. The van der Waals surface area contributed by atoms with Gasteiger partial charge in [0.05, 0.1) is 12.8 Å². The number of rotatable bonds is 6. The number of furan rings is 1. The molecule has 0 aliphatic rings. The molecule has 0 radical (unpaired) electrons. The summed E-state index contributed by atoms with van der Waals surface area (Å²) in [5, 5.41) is 0. The Balaban J connectivity index is 1.87. The molecule has 0 atom stereocenters. The Bertz CT molecular complexity index is 811. The molecule has 0 unspecified atom stereocenters. The van der Waals surface area contributed by atoms with Crippen LogP contribution in [0.4, 0.5) is 5.69 Å². The second kappa shape index (κ2) is 7.71. The van der Waals surface area contributed by atoms with Gasteiger partial charge in [0.1, 0.15) is 5.76 Å². The van der Waals surface area contributed by atoms with Gasteiger partial charge >= 0.3 is 0 Å². The number of hydrogen-bond donors (Lipinski definition) is 0. The first kappa shape index (κ1) is 16.8. The predicted octanol–water partition coefficient (Wildman–Crippen LogP) is 4.19. The molecule has 0 saturated carbocycles. The molecule has 0 bridgehead atoms. The lowest BCUT2D eigenvalue weighted by Gasteiger charge is -2.23. The van der Waals surface area contributed by atoms with Crippen LogP contribution in [0, 0.1) is 0 Å². The Morgan fingerprint density at radius 2 is 1.72 bits per heavy atom. The molecule has 0 aliphatic heterocycles. The second-order valence-electron chi connectivity index (χ2n) is 6.17. The van der Waals surface area contributed by atoms with Crippen LogP contribution in [0.1, 0.15) is 21.7 Å². The van der Waals surface area contributed by atoms with Crippen molar-refractivity contribution in [3.63, 3.8) is 0 Å². The minimum Gasteiger partial charge on any atom is -0.467 e. The zero-order valence-electron chi connectivity index (χ0n) is 14.6. The Kier molecular flexibility index (Phi) is 5.19. The van der Waals surface area contributed by atoms with Crippen molar-refractivity contribution in [1.82, 2.24) is 4.90 Å². The predicted molar refractivity (Wildman–Crippen MR) is 99.5 cm³/mol. The summed E-state index contributed by atoms with van der Waals surface area (Å²) in [7, 11) is 3.93. The summed E-state index contributed by atoms with van der Waals surface area (Å²) >= 11 is 0. The fourth-order valence-electron chi connectivity index (χ4n) is 2.69. The summed E-state index contributed by atoms with van der Waals surface area (Å²) in [5.41, 5.74) is 2.77. The number of amides is 1. The molecule has 4 heteroatoms. The van der Waals surface area contributed by atoms with E-state index in [1.165, 1.54) is 0 Å². The number of carbonyl (C=O) groups excluding carboxylic acids is 1. The van der Waals surface area contributed by atoms with E-state index in [1.807, 2.05) is 90.6 Å². The maximum Gasteiger partial charge on any atom is 0.254 e. The molecule has 0 N–H and O–H groups in total. The molecular weight excluding hydrogens is 312 g/mol. The van der Waals surface area contributed by atoms with Gasteiger partial charge in [-0.3, -0.25) is 4.79 Å². The third kappa shape index (κ3) is 4.29. The standard InChI is InChI=1S/C21H22N2O2/c1-22(2)19-11-6-10-18(14-19)21(24)23(16-20-12-7-13-25-20)15-17-8-4-3-5-9-17/h3-14H,15-16H2,1-2H3. The average molecular weight is 334 g/mol. The van der Waals surface area contributed by atoms with Crippen molar-refractivity contribution in [3.8, 4) is 0 Å². The van der Waals surface area contributed by atoms with Crippen molar-refractivity contribution < 1.29 is 9.21 Å². The summed E-state index contributed by atoms with van der Waals surface area (Å²) < 4.78 is 5.45. The van der Waals surface area contributed by atoms with Crippen LogP contribution in [0.5, 0.6) is 0 Å². The minimum atomic E-state index is -0.0102. The van der Waals surface area contributed by atoms with Crippen LogP contribution in [-0.2, 0) is 13.1 Å². The number of hydrogen-bond acceptors (Lipinski definition) is 3. The van der Waals surface area contributed by atoms with E-state index in [0.717, 1.165) is 17.0 Å². The van der Waals surface area contributed by atoms with Crippen molar-refractivity contribution in [2.75, 3.05) is 19.0 Å². The van der Waals surface area contributed by atoms with Gasteiger partial charge < -0.3 is 14.2 Å². The lowest BCUT2D eigenvalue weighted by molar-refractivity contribution is 0.0717. The van der Waals surface area contributed by atoms with Gasteiger partial charge in [-0.2, -0.15) is 0 Å². The highest BCUT2D eigenvalue weighted by atomic mass is 16.3. The Morgan fingerprint density at radius 3 is 2.40 bits per heavy atom. The van der Waals surface area contributed by atoms with E-state index in [-0.39, 0.29) is 5.91 Å². The van der Waals surface area contributed by atoms with Gasteiger partial charge in [-0.15, -0.1) is 0 Å². The van der Waals surface area contributed by atoms with Gasteiger partial charge in [0, 0.05) is 31.9 Å². The third-order valence-corrected chi connectivity index (χ3v) is 4.04. The number of nitrogens with zero attached hydrogens (tertiary/aromatic N) is 2. The van der Waals surface area contributed by atoms with Crippen molar-refractivity contribution in [2.45, 2.75) is 13.1 Å². The lowest BCUT2D eigenvalue weighted by Crippen LogP contribution is -2.30. The van der Waals surface area contributed by atoms with Gasteiger partial charge in [0.25, 0.3) is 5.91 Å². The summed E-state index contributed by atoms with van der Waals surface area (Å²) in [6.07, 6.45) is 1.63. The fourth-order valence-corrected chi connectivity index (χ4v) is 2.69. The first-order valence-corrected chi connectivity index (χ1v) is 8.26. The molecule has 128 valence electrons. The molecule has 0 saturated heterocycles. The molecule has 4 nitrogen and oxygen atoms in total. The quantitative estimate of drug-likeness (QED) is 0.678. The molecule has 3 aromatic rings. The first-order valence-electron chi connectivity index (χ1n) is 8.26. The third-order valence-electron chi connectivity index (χ3n) is 4.04. The Labute approximate surface area is 148 Å². The van der Waals surface area contributed by atoms with Crippen LogP contribution in [0.2, 0.25) is 0 Å². The monoisotopic (exact) mass is 334 g/mol. The zero-order chi connectivity index (χ0) is 17.6. The fraction of sp³-hybridized carbons (Fsp3) is 0.190. The maximum atomic E-state index is 13.1. The minimum absolute atomic E-state index is 0.0102. The molecule has 0 fully saturated rings. The smallest absolute Gasteiger partial charge is 0.254 e. The summed E-state index contributed by atoms with van der Waals surface area (Å²) in [5.74, 6) is 0.761. The molecule has 0 aliphatic carbocycles. The van der Waals surface area contributed by atoms with Gasteiger partial charge in [-0.25, -0.2) is 0 Å². The van der Waals surface area contributed by atoms with Gasteiger partial charge in [0.15, 0.2) is 0 Å². The van der Waals surface area contributed by atoms with Crippen LogP contribution < -0.4 is 4.90 Å². The maximum absolute atomic E-state index is 13.1. The largest absolute Gasteiger partial charge is 0.467 e. The van der Waals surface area contributed by atoms with Crippen molar-refractivity contribution >= 4 is 11.6 Å². The molecule has 1 aromatic heterocycles. The molecule has 1 amide bonds. The van der Waals surface area contributed by atoms with E-state index in [2.05, 4.69) is 0 Å². The van der Waals surface area contributed by atoms with Crippen LogP contribution in [0.25, 0.3) is 0 Å². The Morgan fingerprint density at radius 1 is 0.920 bits per heavy atom. The van der Waals surface area contributed by atoms with Gasteiger partial charge in [-0.05, 0) is 35.9 Å². The lowest BCUT2D eigenvalue weighted by atomic mass is 10.1. The van der Waals surface area contributed by atoms with Crippen LogP contribution in [0.15, 0.2) is 77.4 Å². The summed E-state index contributed by atoms with van der Waals surface area (Å²) in [6, 6.07) is 21.4. The summed E-state index contributed by atoms with van der Waals surface area (Å²) in [4.78, 5) is 16.9. The van der Waals surface area contributed by atoms with Crippen molar-refractivity contribution in [2.24, 2.45) is 0 Å². The number of benzene rings is 2. The van der Waals surface area contributed by atoms with Crippen LogP contribution in [0.3, 0.4) is 0 Å². The molecule has 25 heavy (non-hydrogen) atoms. The molecule has 3 rings (SSSR count). The van der Waals surface area contributed by atoms with E-state index in [9.17, 15) is 4.79 Å². The normalized spacial score (nSPS) is 10.5. The highest BCUT2D eigenvalue weighted by molar-refractivity contribution is 5.95. The second-order valence-corrected chi connectivity index (χ2v) is 6.17. The zero-order valence-corrected chi connectivity index (χ0v) is 14.6. The molecule has 1 heterocycles. The highest BCUT2D eigenvalue weighted by Gasteiger charge is 2.18. The van der Waals surface area contributed by atoms with E-state index in [0.29, 0.717) is 18.7 Å². The van der Waals surface area contributed by atoms with Crippen LogP contribution >= 0.6 is 0 Å². The van der Waals surface area contributed by atoms with E-state index < -0.39 is 0 Å². The van der Waals surface area contributed by atoms with Crippen molar-refractivity contribution in [3.05, 3.63) is 89.9 Å². The number of anilines is 1. The highest BCUT2D eigenvalue weighted by Crippen LogP contribution is 2.18. The van der Waals surface area contributed by atoms with E-state index in [4.69, 9.17) is 4.42 Å². The average Bonchev–Trinajstić information content (AvgIpc) is 3.14. The number of carbonyl (C=O) groups is 1. The molecular formula is C21H22N2O2. The summed E-state index contributed by atoms with van der Waals surface area (Å²) in [6.45, 7) is 0.972. The molecule has 2 aromatic carbocycles. The van der Waals surface area contributed by atoms with Crippen LogP contribution in [-0.4, -0.2) is 24.9 Å². The van der Waals surface area contributed by atoms with Gasteiger partial charge in [-0.1, -0.05) is 36.4 Å². The van der Waals surface area contributed by atoms with Crippen molar-refractivity contribution in [1.29, 1.82) is 0 Å². The Hall–Kier alpha value is -3.01. The van der Waals surface area contributed by atoms with Gasteiger partial charge in [0.2, 0.25) is 0 Å².